The van der Waals surface area contributed by atoms with Crippen LogP contribution >= 0.6 is 11.8 Å². The van der Waals surface area contributed by atoms with Gasteiger partial charge in [-0.3, -0.25) is 14.4 Å². The monoisotopic (exact) mass is 480 g/mol. The average Bonchev–Trinajstić information content (AvgIpc) is 3.49. The highest BCUT2D eigenvalue weighted by Gasteiger charge is 2.30. The second-order valence-electron chi connectivity index (χ2n) is 7.13. The summed E-state index contributed by atoms with van der Waals surface area (Å²) in [6, 6.07) is -3.26. The lowest BCUT2D eigenvalue weighted by Crippen LogP contribution is -2.57. The fraction of sp³-hybridized carbons (Fsp3) is 0.474. The molecule has 13 nitrogen and oxygen atoms in total. The van der Waals surface area contributed by atoms with Crippen LogP contribution in [0.15, 0.2) is 25.0 Å². The Bertz CT molecular complexity index is 905. The number of carboxylic acid groups (broad SMARTS) is 1. The van der Waals surface area contributed by atoms with E-state index in [1.807, 2.05) is 6.26 Å². The maximum atomic E-state index is 13.0. The number of carbonyl (C=O) groups excluding carboxylic acids is 3. The standard InChI is InChI=1S/C19H28N8O5S/c1-33-3-2-13(19(31)32)26-18(30)15(5-12-8-22-10-24-12)27-17(29)14(25-16(28)6-20)4-11-7-21-9-23-11/h7-10,13-15H,2-6,20H2,1H3,(H,21,23)(H,22,24)(H,25,28)(H,26,30)(H,27,29)(H,31,32). The number of nitrogens with zero attached hydrogens (tertiary/aromatic N) is 2. The average molecular weight is 481 g/mol. The van der Waals surface area contributed by atoms with Gasteiger partial charge in [0.25, 0.3) is 0 Å². The van der Waals surface area contributed by atoms with Crippen LogP contribution in [0, 0.1) is 0 Å². The number of aromatic amines is 2. The molecule has 0 radical (unpaired) electrons. The van der Waals surface area contributed by atoms with E-state index in [1.165, 1.54) is 36.8 Å². The first-order valence-corrected chi connectivity index (χ1v) is 11.5. The van der Waals surface area contributed by atoms with Crippen LogP contribution in [-0.2, 0) is 32.0 Å². The van der Waals surface area contributed by atoms with Gasteiger partial charge < -0.3 is 36.8 Å². The predicted molar refractivity (Wildman–Crippen MR) is 120 cm³/mol. The number of carbonyl (C=O) groups is 4. The topological polar surface area (TPSA) is 208 Å². The van der Waals surface area contributed by atoms with Crippen LogP contribution in [0.1, 0.15) is 17.8 Å². The van der Waals surface area contributed by atoms with Crippen LogP contribution in [-0.4, -0.2) is 85.4 Å². The van der Waals surface area contributed by atoms with E-state index >= 15 is 0 Å². The van der Waals surface area contributed by atoms with E-state index in [9.17, 15) is 24.3 Å². The van der Waals surface area contributed by atoms with Crippen molar-refractivity contribution in [3.8, 4) is 0 Å². The van der Waals surface area contributed by atoms with Gasteiger partial charge in [0, 0.05) is 36.6 Å². The Hall–Kier alpha value is -3.39. The van der Waals surface area contributed by atoms with E-state index in [0.29, 0.717) is 17.1 Å². The van der Waals surface area contributed by atoms with Crippen molar-refractivity contribution in [3.05, 3.63) is 36.4 Å². The lowest BCUT2D eigenvalue weighted by Gasteiger charge is -2.24. The minimum atomic E-state index is -1.17. The highest BCUT2D eigenvalue weighted by molar-refractivity contribution is 7.98. The van der Waals surface area contributed by atoms with Gasteiger partial charge in [-0.1, -0.05) is 0 Å². The Morgan fingerprint density at radius 1 is 0.970 bits per heavy atom. The first kappa shape index (κ1) is 25.9. The zero-order chi connectivity index (χ0) is 24.2. The molecule has 3 amide bonds. The Morgan fingerprint density at radius 3 is 1.91 bits per heavy atom. The molecule has 0 spiro atoms. The van der Waals surface area contributed by atoms with Gasteiger partial charge in [0.05, 0.1) is 19.2 Å². The number of thioether (sulfide) groups is 1. The van der Waals surface area contributed by atoms with Crippen LogP contribution in [0.2, 0.25) is 0 Å². The second-order valence-corrected chi connectivity index (χ2v) is 8.11. The van der Waals surface area contributed by atoms with Crippen molar-refractivity contribution in [1.29, 1.82) is 0 Å². The van der Waals surface area contributed by atoms with Crippen molar-refractivity contribution in [2.75, 3.05) is 18.6 Å². The molecular weight excluding hydrogens is 452 g/mol. The van der Waals surface area contributed by atoms with E-state index in [2.05, 4.69) is 35.9 Å². The SMILES string of the molecule is CSCCC(NC(=O)C(Cc1cnc[nH]1)NC(=O)C(Cc1cnc[nH]1)NC(=O)CN)C(=O)O. The number of carboxylic acids is 1. The van der Waals surface area contributed by atoms with E-state index in [0.717, 1.165) is 0 Å². The molecule has 0 saturated carbocycles. The molecular formula is C19H28N8O5S. The molecule has 2 aromatic rings. The van der Waals surface area contributed by atoms with E-state index < -0.39 is 41.8 Å². The maximum Gasteiger partial charge on any atom is 0.326 e. The van der Waals surface area contributed by atoms with E-state index in [1.54, 1.807) is 0 Å². The summed E-state index contributed by atoms with van der Waals surface area (Å²) in [5.74, 6) is -2.49. The largest absolute Gasteiger partial charge is 0.480 e. The van der Waals surface area contributed by atoms with Gasteiger partial charge in [-0.25, -0.2) is 14.8 Å². The van der Waals surface area contributed by atoms with Gasteiger partial charge >= 0.3 is 5.97 Å². The molecule has 0 bridgehead atoms. The number of aliphatic carboxylic acids is 1. The van der Waals surface area contributed by atoms with Crippen molar-refractivity contribution in [1.82, 2.24) is 35.9 Å². The van der Waals surface area contributed by atoms with Crippen LogP contribution in [0.25, 0.3) is 0 Å². The summed E-state index contributed by atoms with van der Waals surface area (Å²) < 4.78 is 0. The van der Waals surface area contributed by atoms with Crippen molar-refractivity contribution in [3.63, 3.8) is 0 Å². The molecule has 0 saturated heterocycles. The van der Waals surface area contributed by atoms with Crippen molar-refractivity contribution in [2.45, 2.75) is 37.4 Å². The molecule has 14 heteroatoms. The number of hydrogen-bond acceptors (Lipinski definition) is 8. The summed E-state index contributed by atoms with van der Waals surface area (Å²) in [6.07, 6.45) is 8.03. The summed E-state index contributed by atoms with van der Waals surface area (Å²) in [5, 5.41) is 17.0. The Labute approximate surface area is 194 Å². The summed E-state index contributed by atoms with van der Waals surface area (Å²) in [7, 11) is 0. The fourth-order valence-electron chi connectivity index (χ4n) is 2.94. The summed E-state index contributed by atoms with van der Waals surface area (Å²) in [6.45, 7) is -0.319. The summed E-state index contributed by atoms with van der Waals surface area (Å²) in [5.41, 5.74) is 6.51. The number of rotatable bonds is 14. The third-order valence-corrected chi connectivity index (χ3v) is 5.30. The molecule has 0 aromatic carbocycles. The van der Waals surface area contributed by atoms with Gasteiger partial charge in [0.1, 0.15) is 18.1 Å². The molecule has 2 heterocycles. The van der Waals surface area contributed by atoms with Crippen molar-refractivity contribution >= 4 is 35.5 Å². The lowest BCUT2D eigenvalue weighted by molar-refractivity contribution is -0.142. The summed E-state index contributed by atoms with van der Waals surface area (Å²) >= 11 is 1.45. The minimum Gasteiger partial charge on any atom is -0.480 e. The molecule has 2 rings (SSSR count). The smallest absolute Gasteiger partial charge is 0.326 e. The fourth-order valence-corrected chi connectivity index (χ4v) is 3.41. The van der Waals surface area contributed by atoms with Crippen LogP contribution in [0.5, 0.6) is 0 Å². The number of nitrogens with one attached hydrogen (secondary N) is 5. The molecule has 180 valence electrons. The van der Waals surface area contributed by atoms with E-state index in [-0.39, 0.29) is 25.8 Å². The molecule has 0 aliphatic rings. The van der Waals surface area contributed by atoms with Gasteiger partial charge in [0.2, 0.25) is 17.7 Å². The highest BCUT2D eigenvalue weighted by atomic mass is 32.2. The van der Waals surface area contributed by atoms with Crippen molar-refractivity contribution < 1.29 is 24.3 Å². The van der Waals surface area contributed by atoms with Crippen LogP contribution in [0.4, 0.5) is 0 Å². The van der Waals surface area contributed by atoms with Crippen LogP contribution < -0.4 is 21.7 Å². The zero-order valence-corrected chi connectivity index (χ0v) is 18.9. The van der Waals surface area contributed by atoms with Gasteiger partial charge in [-0.15, -0.1) is 0 Å². The summed E-state index contributed by atoms with van der Waals surface area (Å²) in [4.78, 5) is 62.9. The molecule has 3 unspecified atom stereocenters. The van der Waals surface area contributed by atoms with Crippen LogP contribution in [0.3, 0.4) is 0 Å². The quantitative estimate of drug-likeness (QED) is 0.162. The number of H-pyrrole nitrogens is 2. The highest BCUT2D eigenvalue weighted by Crippen LogP contribution is 2.06. The Balaban J connectivity index is 2.18. The Morgan fingerprint density at radius 2 is 1.48 bits per heavy atom. The van der Waals surface area contributed by atoms with Crippen molar-refractivity contribution in [2.24, 2.45) is 5.73 Å². The Kier molecular flexibility index (Phi) is 10.4. The zero-order valence-electron chi connectivity index (χ0n) is 18.0. The van der Waals surface area contributed by atoms with Gasteiger partial charge in [0.15, 0.2) is 0 Å². The third-order valence-electron chi connectivity index (χ3n) is 4.65. The van der Waals surface area contributed by atoms with Gasteiger partial charge in [-0.05, 0) is 18.4 Å². The third kappa shape index (κ3) is 8.57. The lowest BCUT2D eigenvalue weighted by atomic mass is 10.1. The van der Waals surface area contributed by atoms with Gasteiger partial charge in [-0.2, -0.15) is 11.8 Å². The molecule has 33 heavy (non-hydrogen) atoms. The first-order chi connectivity index (χ1) is 15.8. The second kappa shape index (κ2) is 13.2. The normalized spacial score (nSPS) is 13.5. The molecule has 8 N–H and O–H groups in total. The number of aromatic nitrogens is 4. The predicted octanol–water partition coefficient (Wildman–Crippen LogP) is -1.83. The number of hydrogen-bond donors (Lipinski definition) is 7. The number of imidazole rings is 2. The number of nitrogens with two attached hydrogens (primary N) is 1. The molecule has 0 aliphatic carbocycles. The molecule has 0 fully saturated rings. The number of amides is 3. The maximum absolute atomic E-state index is 13.0. The first-order valence-electron chi connectivity index (χ1n) is 10.1. The molecule has 2 aromatic heterocycles. The molecule has 0 aliphatic heterocycles. The molecule has 3 atom stereocenters. The minimum absolute atomic E-state index is 0.0358. The van der Waals surface area contributed by atoms with E-state index in [4.69, 9.17) is 5.73 Å².